The fourth-order valence-corrected chi connectivity index (χ4v) is 1.78. The number of halogens is 1. The molecule has 1 aliphatic rings. The molecule has 0 heterocycles. The summed E-state index contributed by atoms with van der Waals surface area (Å²) >= 11 is 5.76. The lowest BCUT2D eigenvalue weighted by atomic mass is 10.1. The van der Waals surface area contributed by atoms with Gasteiger partial charge in [-0.1, -0.05) is 36.6 Å². The van der Waals surface area contributed by atoms with E-state index < -0.39 is 6.04 Å². The molecule has 0 saturated heterocycles. The van der Waals surface area contributed by atoms with Gasteiger partial charge in [0.1, 0.15) is 12.6 Å². The highest BCUT2D eigenvalue weighted by Crippen LogP contribution is 2.33. The molecule has 1 fully saturated rings. The second kappa shape index (κ2) is 5.52. The van der Waals surface area contributed by atoms with Crippen molar-refractivity contribution in [1.29, 1.82) is 0 Å². The van der Waals surface area contributed by atoms with E-state index in [-0.39, 0.29) is 12.6 Å². The van der Waals surface area contributed by atoms with Crippen LogP contribution in [0.25, 0.3) is 0 Å². The molecule has 1 aromatic rings. The Hall–Kier alpha value is -1.06. The third-order valence-corrected chi connectivity index (χ3v) is 3.13. The summed E-state index contributed by atoms with van der Waals surface area (Å²) in [4.78, 5) is 11.6. The summed E-state index contributed by atoms with van der Waals surface area (Å²) in [5.74, 6) is 0.319. The van der Waals surface area contributed by atoms with Gasteiger partial charge < -0.3 is 10.5 Å². The third-order valence-electron chi connectivity index (χ3n) is 2.88. The van der Waals surface area contributed by atoms with Gasteiger partial charge in [0.25, 0.3) is 0 Å². The van der Waals surface area contributed by atoms with Gasteiger partial charge in [0.05, 0.1) is 0 Å². The Bertz CT molecular complexity index is 387. The molecule has 0 aliphatic heterocycles. The molecule has 17 heavy (non-hydrogen) atoms. The molecule has 0 unspecified atom stereocenters. The lowest BCUT2D eigenvalue weighted by Crippen LogP contribution is -2.32. The quantitative estimate of drug-likeness (QED) is 0.821. The fourth-order valence-electron chi connectivity index (χ4n) is 1.65. The largest absolute Gasteiger partial charge is 0.460 e. The van der Waals surface area contributed by atoms with Gasteiger partial charge in [-0.25, -0.2) is 0 Å². The van der Waals surface area contributed by atoms with E-state index in [1.807, 2.05) is 12.1 Å². The first-order valence-corrected chi connectivity index (χ1v) is 6.19. The van der Waals surface area contributed by atoms with E-state index in [1.54, 1.807) is 12.1 Å². The molecule has 1 aromatic carbocycles. The van der Waals surface area contributed by atoms with Crippen molar-refractivity contribution in [3.05, 3.63) is 34.9 Å². The second-order valence-electron chi connectivity index (χ2n) is 4.52. The first kappa shape index (κ1) is 12.4. The molecular formula is C13H16ClNO2. The van der Waals surface area contributed by atoms with Crippen LogP contribution in [0.2, 0.25) is 5.02 Å². The third kappa shape index (κ3) is 4.02. The Labute approximate surface area is 106 Å². The van der Waals surface area contributed by atoms with Gasteiger partial charge in [0.15, 0.2) is 0 Å². The zero-order valence-electron chi connectivity index (χ0n) is 9.56. The van der Waals surface area contributed by atoms with E-state index in [4.69, 9.17) is 22.1 Å². The van der Waals surface area contributed by atoms with Crippen molar-refractivity contribution in [2.45, 2.75) is 31.9 Å². The molecule has 0 bridgehead atoms. The van der Waals surface area contributed by atoms with Gasteiger partial charge in [0.2, 0.25) is 0 Å². The normalized spacial score (nSPS) is 16.6. The predicted octanol–water partition coefficient (Wildman–Crippen LogP) is 2.51. The van der Waals surface area contributed by atoms with Gasteiger partial charge in [-0.15, -0.1) is 0 Å². The Morgan fingerprint density at radius 2 is 2.06 bits per heavy atom. The summed E-state index contributed by atoms with van der Waals surface area (Å²) in [5, 5.41) is 0.672. The SMILES string of the molecule is N[C@@H](CC1CC1)C(=O)OCc1ccc(Cl)cc1. The monoisotopic (exact) mass is 253 g/mol. The zero-order chi connectivity index (χ0) is 12.3. The molecule has 1 atom stereocenters. The molecule has 1 aliphatic carbocycles. The van der Waals surface area contributed by atoms with Gasteiger partial charge in [-0.05, 0) is 30.0 Å². The Morgan fingerprint density at radius 1 is 1.41 bits per heavy atom. The minimum Gasteiger partial charge on any atom is -0.460 e. The number of hydrogen-bond donors (Lipinski definition) is 1. The van der Waals surface area contributed by atoms with Crippen LogP contribution in [0.5, 0.6) is 0 Å². The van der Waals surface area contributed by atoms with Gasteiger partial charge >= 0.3 is 5.97 Å². The summed E-state index contributed by atoms with van der Waals surface area (Å²) < 4.78 is 5.15. The minimum atomic E-state index is -0.477. The number of nitrogens with two attached hydrogens (primary N) is 1. The maximum atomic E-state index is 11.6. The van der Waals surface area contributed by atoms with Crippen LogP contribution in [0.1, 0.15) is 24.8 Å². The molecule has 4 heteroatoms. The lowest BCUT2D eigenvalue weighted by molar-refractivity contribution is -0.146. The van der Waals surface area contributed by atoms with E-state index in [9.17, 15) is 4.79 Å². The number of esters is 1. The van der Waals surface area contributed by atoms with Crippen molar-refractivity contribution in [3.8, 4) is 0 Å². The van der Waals surface area contributed by atoms with Crippen molar-refractivity contribution < 1.29 is 9.53 Å². The summed E-state index contributed by atoms with van der Waals surface area (Å²) in [5.41, 5.74) is 6.67. The van der Waals surface area contributed by atoms with Crippen LogP contribution in [0.15, 0.2) is 24.3 Å². The van der Waals surface area contributed by atoms with E-state index in [2.05, 4.69) is 0 Å². The lowest BCUT2D eigenvalue weighted by Gasteiger charge is -2.10. The first-order valence-electron chi connectivity index (χ1n) is 5.82. The van der Waals surface area contributed by atoms with Crippen molar-refractivity contribution in [3.63, 3.8) is 0 Å². The number of carbonyl (C=O) groups is 1. The first-order chi connectivity index (χ1) is 8.15. The van der Waals surface area contributed by atoms with Crippen LogP contribution in [0, 0.1) is 5.92 Å². The molecule has 92 valence electrons. The smallest absolute Gasteiger partial charge is 0.323 e. The molecule has 0 spiro atoms. The summed E-state index contributed by atoms with van der Waals surface area (Å²) in [6, 6.07) is 6.74. The summed E-state index contributed by atoms with van der Waals surface area (Å²) in [7, 11) is 0. The highest BCUT2D eigenvalue weighted by atomic mass is 35.5. The Morgan fingerprint density at radius 3 is 2.65 bits per heavy atom. The van der Waals surface area contributed by atoms with E-state index >= 15 is 0 Å². The average molecular weight is 254 g/mol. The van der Waals surface area contributed by atoms with E-state index in [1.165, 1.54) is 12.8 Å². The molecule has 2 rings (SSSR count). The fraction of sp³-hybridized carbons (Fsp3) is 0.462. The second-order valence-corrected chi connectivity index (χ2v) is 4.96. The molecule has 0 radical (unpaired) electrons. The molecular weight excluding hydrogens is 238 g/mol. The minimum absolute atomic E-state index is 0.258. The molecule has 3 nitrogen and oxygen atoms in total. The van der Waals surface area contributed by atoms with Crippen LogP contribution < -0.4 is 5.73 Å². The number of carbonyl (C=O) groups excluding carboxylic acids is 1. The van der Waals surface area contributed by atoms with Crippen LogP contribution in [-0.4, -0.2) is 12.0 Å². The standard InChI is InChI=1S/C13H16ClNO2/c14-11-5-3-10(4-6-11)8-17-13(16)12(15)7-9-1-2-9/h3-6,9,12H,1-2,7-8,15H2/t12-/m0/s1. The van der Waals surface area contributed by atoms with Crippen LogP contribution >= 0.6 is 11.6 Å². The van der Waals surface area contributed by atoms with Gasteiger partial charge in [-0.3, -0.25) is 4.79 Å². The van der Waals surface area contributed by atoms with Gasteiger partial charge in [-0.2, -0.15) is 0 Å². The molecule has 2 N–H and O–H groups in total. The number of ether oxygens (including phenoxy) is 1. The maximum Gasteiger partial charge on any atom is 0.323 e. The topological polar surface area (TPSA) is 52.3 Å². The molecule has 0 amide bonds. The highest BCUT2D eigenvalue weighted by molar-refractivity contribution is 6.30. The average Bonchev–Trinajstić information content (AvgIpc) is 3.11. The number of benzene rings is 1. The van der Waals surface area contributed by atoms with E-state index in [0.717, 1.165) is 12.0 Å². The summed E-state index contributed by atoms with van der Waals surface area (Å²) in [6.07, 6.45) is 3.13. The molecule has 1 saturated carbocycles. The zero-order valence-corrected chi connectivity index (χ0v) is 10.3. The van der Waals surface area contributed by atoms with E-state index in [0.29, 0.717) is 10.9 Å². The van der Waals surface area contributed by atoms with Crippen molar-refractivity contribution >= 4 is 17.6 Å². The van der Waals surface area contributed by atoms with Crippen LogP contribution in [0.3, 0.4) is 0 Å². The maximum absolute atomic E-state index is 11.6. The molecule has 0 aromatic heterocycles. The highest BCUT2D eigenvalue weighted by Gasteiger charge is 2.27. The van der Waals surface area contributed by atoms with Crippen molar-refractivity contribution in [2.75, 3.05) is 0 Å². The van der Waals surface area contributed by atoms with Crippen LogP contribution in [0.4, 0.5) is 0 Å². The van der Waals surface area contributed by atoms with Gasteiger partial charge in [0, 0.05) is 5.02 Å². The van der Waals surface area contributed by atoms with Crippen molar-refractivity contribution in [2.24, 2.45) is 11.7 Å². The van der Waals surface area contributed by atoms with Crippen LogP contribution in [-0.2, 0) is 16.1 Å². The Kier molecular flexibility index (Phi) is 4.02. The predicted molar refractivity (Wildman–Crippen MR) is 66.6 cm³/mol. The summed E-state index contributed by atoms with van der Waals surface area (Å²) in [6.45, 7) is 0.258. The number of hydrogen-bond acceptors (Lipinski definition) is 3. The number of rotatable bonds is 5. The Balaban J connectivity index is 1.76. The van der Waals surface area contributed by atoms with Crippen molar-refractivity contribution in [1.82, 2.24) is 0 Å².